The second kappa shape index (κ2) is 5.69. The number of likely N-dealkylation sites (tertiary alicyclic amines) is 1. The van der Waals surface area contributed by atoms with Crippen molar-refractivity contribution in [2.24, 2.45) is 5.41 Å². The van der Waals surface area contributed by atoms with Gasteiger partial charge < -0.3 is 15.0 Å². The van der Waals surface area contributed by atoms with Gasteiger partial charge in [0.05, 0.1) is 0 Å². The van der Waals surface area contributed by atoms with Crippen LogP contribution < -0.4 is 5.32 Å². The van der Waals surface area contributed by atoms with Gasteiger partial charge in [0, 0.05) is 33.4 Å². The Morgan fingerprint density at radius 1 is 1.50 bits per heavy atom. The molecule has 3 heteroatoms. The zero-order chi connectivity index (χ0) is 10.4. The normalized spacial score (nSPS) is 28.5. The summed E-state index contributed by atoms with van der Waals surface area (Å²) >= 11 is 0. The summed E-state index contributed by atoms with van der Waals surface area (Å²) in [4.78, 5) is 2.55. The van der Waals surface area contributed by atoms with Gasteiger partial charge in [0.15, 0.2) is 0 Å². The molecule has 0 aromatic rings. The largest absolute Gasteiger partial charge is 0.385 e. The van der Waals surface area contributed by atoms with Crippen molar-refractivity contribution in [1.29, 1.82) is 0 Å². The van der Waals surface area contributed by atoms with E-state index in [4.69, 9.17) is 4.74 Å². The Bertz CT molecular complexity index is 163. The molecule has 1 unspecified atom stereocenters. The van der Waals surface area contributed by atoms with Gasteiger partial charge in [0.25, 0.3) is 0 Å². The maximum absolute atomic E-state index is 5.06. The molecule has 1 fully saturated rings. The highest BCUT2D eigenvalue weighted by atomic mass is 16.5. The SMILES string of the molecule is CNCC1(C)CCN(CCCOC)C1. The minimum atomic E-state index is 0.488. The smallest absolute Gasteiger partial charge is 0.0474 e. The van der Waals surface area contributed by atoms with Crippen LogP contribution in [0.5, 0.6) is 0 Å². The first kappa shape index (κ1) is 12.0. The summed E-state index contributed by atoms with van der Waals surface area (Å²) in [5.41, 5.74) is 0.488. The average molecular weight is 200 g/mol. The second-order valence-electron chi connectivity index (χ2n) is 4.71. The molecule has 1 heterocycles. The molecule has 1 saturated heterocycles. The van der Waals surface area contributed by atoms with E-state index < -0.39 is 0 Å². The quantitative estimate of drug-likeness (QED) is 0.646. The number of nitrogens with one attached hydrogen (secondary N) is 1. The highest BCUT2D eigenvalue weighted by molar-refractivity contribution is 4.87. The second-order valence-corrected chi connectivity index (χ2v) is 4.71. The van der Waals surface area contributed by atoms with Crippen LogP contribution in [-0.4, -0.2) is 51.8 Å². The Morgan fingerprint density at radius 3 is 2.93 bits per heavy atom. The fourth-order valence-electron chi connectivity index (χ4n) is 2.32. The number of nitrogens with zero attached hydrogens (tertiary/aromatic N) is 1. The maximum Gasteiger partial charge on any atom is 0.0474 e. The molecule has 0 radical (unpaired) electrons. The average Bonchev–Trinajstić information content (AvgIpc) is 2.49. The van der Waals surface area contributed by atoms with Crippen LogP contribution in [0.4, 0.5) is 0 Å². The maximum atomic E-state index is 5.06. The van der Waals surface area contributed by atoms with Crippen LogP contribution in [-0.2, 0) is 4.74 Å². The summed E-state index contributed by atoms with van der Waals surface area (Å²) in [6.45, 7) is 8.07. The molecule has 0 bridgehead atoms. The molecular weight excluding hydrogens is 176 g/mol. The Hall–Kier alpha value is -0.120. The Labute approximate surface area is 87.8 Å². The van der Waals surface area contributed by atoms with E-state index in [0.29, 0.717) is 5.41 Å². The lowest BCUT2D eigenvalue weighted by atomic mass is 9.90. The predicted molar refractivity (Wildman–Crippen MR) is 59.6 cm³/mol. The molecule has 1 aliphatic rings. The fraction of sp³-hybridized carbons (Fsp3) is 1.00. The molecule has 0 amide bonds. The molecular formula is C11H24N2O. The molecule has 0 aromatic heterocycles. The Kier molecular flexibility index (Phi) is 4.85. The van der Waals surface area contributed by atoms with Crippen molar-refractivity contribution in [3.63, 3.8) is 0 Å². The van der Waals surface area contributed by atoms with Crippen LogP contribution >= 0.6 is 0 Å². The van der Waals surface area contributed by atoms with Crippen LogP contribution in [0.3, 0.4) is 0 Å². The van der Waals surface area contributed by atoms with Gasteiger partial charge in [-0.1, -0.05) is 6.92 Å². The number of methoxy groups -OCH3 is 1. The van der Waals surface area contributed by atoms with Gasteiger partial charge in [-0.25, -0.2) is 0 Å². The van der Waals surface area contributed by atoms with E-state index >= 15 is 0 Å². The number of rotatable bonds is 6. The first-order valence-corrected chi connectivity index (χ1v) is 5.56. The summed E-state index contributed by atoms with van der Waals surface area (Å²) in [7, 11) is 3.81. The number of hydrogen-bond acceptors (Lipinski definition) is 3. The van der Waals surface area contributed by atoms with Crippen molar-refractivity contribution in [1.82, 2.24) is 10.2 Å². The minimum absolute atomic E-state index is 0.488. The fourth-order valence-corrected chi connectivity index (χ4v) is 2.32. The summed E-state index contributed by atoms with van der Waals surface area (Å²) in [6.07, 6.45) is 2.48. The molecule has 0 aliphatic carbocycles. The molecule has 14 heavy (non-hydrogen) atoms. The standard InChI is InChI=1S/C11H24N2O/c1-11(9-12-2)5-7-13(10-11)6-4-8-14-3/h12H,4-10H2,1-3H3. The van der Waals surface area contributed by atoms with Crippen molar-refractivity contribution in [3.8, 4) is 0 Å². The van der Waals surface area contributed by atoms with E-state index in [1.807, 2.05) is 7.05 Å². The van der Waals surface area contributed by atoms with E-state index in [9.17, 15) is 0 Å². The van der Waals surface area contributed by atoms with Crippen molar-refractivity contribution >= 4 is 0 Å². The molecule has 1 atom stereocenters. The summed E-state index contributed by atoms with van der Waals surface area (Å²) < 4.78 is 5.06. The summed E-state index contributed by atoms with van der Waals surface area (Å²) in [5, 5.41) is 3.29. The molecule has 1 rings (SSSR count). The summed E-state index contributed by atoms with van der Waals surface area (Å²) in [6, 6.07) is 0. The highest BCUT2D eigenvalue weighted by Crippen LogP contribution is 2.28. The molecule has 0 aromatic carbocycles. The third kappa shape index (κ3) is 3.56. The van der Waals surface area contributed by atoms with Crippen LogP contribution in [0.15, 0.2) is 0 Å². The van der Waals surface area contributed by atoms with E-state index in [1.165, 1.54) is 26.1 Å². The van der Waals surface area contributed by atoms with E-state index in [1.54, 1.807) is 7.11 Å². The zero-order valence-electron chi connectivity index (χ0n) is 9.81. The first-order chi connectivity index (χ1) is 6.70. The van der Waals surface area contributed by atoms with Gasteiger partial charge in [0.1, 0.15) is 0 Å². The van der Waals surface area contributed by atoms with Gasteiger partial charge in [0.2, 0.25) is 0 Å². The molecule has 84 valence electrons. The first-order valence-electron chi connectivity index (χ1n) is 5.56. The van der Waals surface area contributed by atoms with Gasteiger partial charge in [-0.2, -0.15) is 0 Å². The van der Waals surface area contributed by atoms with Crippen molar-refractivity contribution in [2.75, 3.05) is 46.9 Å². The number of ether oxygens (including phenoxy) is 1. The summed E-state index contributed by atoms with van der Waals surface area (Å²) in [5.74, 6) is 0. The zero-order valence-corrected chi connectivity index (χ0v) is 9.81. The lowest BCUT2D eigenvalue weighted by molar-refractivity contribution is 0.175. The lowest BCUT2D eigenvalue weighted by Crippen LogP contribution is -2.33. The predicted octanol–water partition coefficient (Wildman–Crippen LogP) is 0.954. The van der Waals surface area contributed by atoms with E-state index in [2.05, 4.69) is 17.1 Å². The van der Waals surface area contributed by atoms with Crippen molar-refractivity contribution in [3.05, 3.63) is 0 Å². The lowest BCUT2D eigenvalue weighted by Gasteiger charge is -2.24. The van der Waals surface area contributed by atoms with Crippen LogP contribution in [0.2, 0.25) is 0 Å². The Balaban J connectivity index is 2.19. The van der Waals surface area contributed by atoms with Crippen LogP contribution in [0, 0.1) is 5.41 Å². The molecule has 1 aliphatic heterocycles. The van der Waals surface area contributed by atoms with Crippen LogP contribution in [0.1, 0.15) is 19.8 Å². The van der Waals surface area contributed by atoms with Crippen molar-refractivity contribution < 1.29 is 4.74 Å². The molecule has 0 saturated carbocycles. The van der Waals surface area contributed by atoms with Crippen LogP contribution in [0.25, 0.3) is 0 Å². The van der Waals surface area contributed by atoms with E-state index in [-0.39, 0.29) is 0 Å². The van der Waals surface area contributed by atoms with E-state index in [0.717, 1.165) is 19.6 Å². The minimum Gasteiger partial charge on any atom is -0.385 e. The van der Waals surface area contributed by atoms with Gasteiger partial charge in [-0.05, 0) is 31.8 Å². The van der Waals surface area contributed by atoms with Gasteiger partial charge in [-0.3, -0.25) is 0 Å². The highest BCUT2D eigenvalue weighted by Gasteiger charge is 2.32. The van der Waals surface area contributed by atoms with Crippen molar-refractivity contribution in [2.45, 2.75) is 19.8 Å². The Morgan fingerprint density at radius 2 is 2.29 bits per heavy atom. The van der Waals surface area contributed by atoms with Gasteiger partial charge in [-0.15, -0.1) is 0 Å². The number of hydrogen-bond donors (Lipinski definition) is 1. The topological polar surface area (TPSA) is 24.5 Å². The van der Waals surface area contributed by atoms with Gasteiger partial charge >= 0.3 is 0 Å². The monoisotopic (exact) mass is 200 g/mol. The molecule has 3 nitrogen and oxygen atoms in total. The molecule has 1 N–H and O–H groups in total. The molecule has 0 spiro atoms. The third-order valence-corrected chi connectivity index (χ3v) is 3.06. The third-order valence-electron chi connectivity index (χ3n) is 3.06.